The minimum Gasteiger partial charge on any atom is -0.377 e. The highest BCUT2D eigenvalue weighted by atomic mass is 79.9. The van der Waals surface area contributed by atoms with E-state index < -0.39 is 0 Å². The van der Waals surface area contributed by atoms with E-state index in [1.54, 1.807) is 0 Å². The van der Waals surface area contributed by atoms with Gasteiger partial charge in [-0.25, -0.2) is 0 Å². The van der Waals surface area contributed by atoms with Crippen molar-refractivity contribution in [2.24, 2.45) is 5.92 Å². The fraction of sp³-hybridized carbons (Fsp3) is 0.750. The summed E-state index contributed by atoms with van der Waals surface area (Å²) in [6.45, 7) is 2.93. The second-order valence-electron chi connectivity index (χ2n) is 5.61. The third kappa shape index (κ3) is 4.30. The van der Waals surface area contributed by atoms with Crippen LogP contribution >= 0.6 is 27.3 Å². The number of hydrogen-bond donors (Lipinski definition) is 1. The summed E-state index contributed by atoms with van der Waals surface area (Å²) >= 11 is 5.48. The molecule has 0 bridgehead atoms. The van der Waals surface area contributed by atoms with Crippen molar-refractivity contribution < 1.29 is 4.74 Å². The van der Waals surface area contributed by atoms with Crippen molar-refractivity contribution >= 4 is 27.3 Å². The number of thiophene rings is 1. The van der Waals surface area contributed by atoms with Gasteiger partial charge in [0.05, 0.1) is 6.10 Å². The summed E-state index contributed by atoms with van der Waals surface area (Å²) in [7, 11) is 2.07. The molecule has 1 aromatic heterocycles. The van der Waals surface area contributed by atoms with E-state index in [9.17, 15) is 0 Å². The molecule has 1 aliphatic carbocycles. The van der Waals surface area contributed by atoms with E-state index in [1.807, 2.05) is 11.3 Å². The Bertz CT molecular complexity index is 390. The Morgan fingerprint density at radius 2 is 2.15 bits per heavy atom. The molecule has 1 aliphatic rings. The maximum Gasteiger partial charge on any atom is 0.0759 e. The first-order valence-electron chi connectivity index (χ1n) is 7.77. The molecule has 1 fully saturated rings. The van der Waals surface area contributed by atoms with Gasteiger partial charge in [-0.05, 0) is 60.1 Å². The normalized spacial score (nSPS) is 19.9. The van der Waals surface area contributed by atoms with Crippen LogP contribution in [0.3, 0.4) is 0 Å². The summed E-state index contributed by atoms with van der Waals surface area (Å²) in [6.07, 6.45) is 8.19. The van der Waals surface area contributed by atoms with Crippen molar-refractivity contribution in [3.63, 3.8) is 0 Å². The van der Waals surface area contributed by atoms with Gasteiger partial charge in [0.25, 0.3) is 0 Å². The zero-order valence-corrected chi connectivity index (χ0v) is 14.9. The Kier molecular flexibility index (Phi) is 7.02. The molecule has 1 heterocycles. The standard InChI is InChI=1S/C16H26BrNOS/c1-3-19-16(12-7-5-4-6-8-12)14(18-2)11-15-13(17)9-10-20-15/h9-10,12,14,16,18H,3-8,11H2,1-2H3. The van der Waals surface area contributed by atoms with E-state index >= 15 is 0 Å². The molecular weight excluding hydrogens is 334 g/mol. The van der Waals surface area contributed by atoms with Gasteiger partial charge in [-0.3, -0.25) is 0 Å². The molecule has 0 aromatic carbocycles. The Labute approximate surface area is 135 Å². The third-order valence-electron chi connectivity index (χ3n) is 4.34. The lowest BCUT2D eigenvalue weighted by atomic mass is 9.81. The molecule has 2 nitrogen and oxygen atoms in total. The lowest BCUT2D eigenvalue weighted by Crippen LogP contribution is -2.46. The maximum absolute atomic E-state index is 6.15. The molecule has 1 aromatic rings. The highest BCUT2D eigenvalue weighted by molar-refractivity contribution is 9.10. The Morgan fingerprint density at radius 3 is 2.70 bits per heavy atom. The van der Waals surface area contributed by atoms with E-state index in [2.05, 4.69) is 46.7 Å². The highest BCUT2D eigenvalue weighted by Crippen LogP contribution is 2.32. The third-order valence-corrected chi connectivity index (χ3v) is 6.29. The summed E-state index contributed by atoms with van der Waals surface area (Å²) in [4.78, 5) is 1.42. The Hall–Kier alpha value is 0.1000. The molecule has 1 N–H and O–H groups in total. The molecule has 2 rings (SSSR count). The largest absolute Gasteiger partial charge is 0.377 e. The van der Waals surface area contributed by atoms with Gasteiger partial charge in [-0.15, -0.1) is 11.3 Å². The van der Waals surface area contributed by atoms with Gasteiger partial charge in [0.15, 0.2) is 0 Å². The van der Waals surface area contributed by atoms with Crippen LogP contribution in [0, 0.1) is 5.92 Å². The molecule has 20 heavy (non-hydrogen) atoms. The first kappa shape index (κ1) is 16.5. The number of rotatable bonds is 7. The van der Waals surface area contributed by atoms with Gasteiger partial charge in [0, 0.05) is 28.4 Å². The molecule has 0 spiro atoms. The number of ether oxygens (including phenoxy) is 1. The van der Waals surface area contributed by atoms with Gasteiger partial charge in [-0.2, -0.15) is 0 Å². The number of halogens is 1. The molecule has 0 saturated heterocycles. The van der Waals surface area contributed by atoms with Crippen LogP contribution in [0.25, 0.3) is 0 Å². The van der Waals surface area contributed by atoms with E-state index in [4.69, 9.17) is 4.74 Å². The molecular formula is C16H26BrNOS. The average Bonchev–Trinajstić information content (AvgIpc) is 2.89. The second kappa shape index (κ2) is 8.52. The van der Waals surface area contributed by atoms with Crippen molar-refractivity contribution in [1.29, 1.82) is 0 Å². The Balaban J connectivity index is 2.05. The minimum absolute atomic E-state index is 0.347. The first-order chi connectivity index (χ1) is 9.76. The fourth-order valence-corrected chi connectivity index (χ4v) is 4.86. The molecule has 2 atom stereocenters. The summed E-state index contributed by atoms with van der Waals surface area (Å²) in [5.74, 6) is 0.722. The van der Waals surface area contributed by atoms with Gasteiger partial charge in [0.1, 0.15) is 0 Å². The van der Waals surface area contributed by atoms with Crippen LogP contribution in [-0.4, -0.2) is 25.8 Å². The van der Waals surface area contributed by atoms with Gasteiger partial charge in [0.2, 0.25) is 0 Å². The molecule has 0 aliphatic heterocycles. The molecule has 0 radical (unpaired) electrons. The van der Waals surface area contributed by atoms with Crippen LogP contribution in [0.1, 0.15) is 43.9 Å². The van der Waals surface area contributed by atoms with Crippen molar-refractivity contribution in [1.82, 2.24) is 5.32 Å². The van der Waals surface area contributed by atoms with Crippen LogP contribution < -0.4 is 5.32 Å². The van der Waals surface area contributed by atoms with E-state index in [-0.39, 0.29) is 0 Å². The summed E-state index contributed by atoms with van der Waals surface area (Å²) in [5.41, 5.74) is 0. The lowest BCUT2D eigenvalue weighted by Gasteiger charge is -2.35. The van der Waals surface area contributed by atoms with E-state index in [1.165, 1.54) is 41.5 Å². The predicted octanol–water partition coefficient (Wildman–Crippen LogP) is 4.63. The average molecular weight is 360 g/mol. The summed E-state index contributed by atoms with van der Waals surface area (Å²) in [6, 6.07) is 2.55. The van der Waals surface area contributed by atoms with Crippen LogP contribution in [0.15, 0.2) is 15.9 Å². The SMILES string of the molecule is CCOC(C1CCCCC1)C(Cc1sccc1Br)NC. The quantitative estimate of drug-likeness (QED) is 0.766. The molecule has 1 saturated carbocycles. The van der Waals surface area contributed by atoms with Crippen LogP contribution in [0.4, 0.5) is 0 Å². The molecule has 0 amide bonds. The van der Waals surface area contributed by atoms with Crippen LogP contribution in [-0.2, 0) is 11.2 Å². The fourth-order valence-electron chi connectivity index (χ4n) is 3.29. The smallest absolute Gasteiger partial charge is 0.0759 e. The zero-order chi connectivity index (χ0) is 14.4. The molecule has 2 unspecified atom stereocenters. The Morgan fingerprint density at radius 1 is 1.40 bits per heavy atom. The number of hydrogen-bond acceptors (Lipinski definition) is 3. The van der Waals surface area contributed by atoms with Crippen molar-refractivity contribution in [3.05, 3.63) is 20.8 Å². The summed E-state index contributed by atoms with van der Waals surface area (Å²) < 4.78 is 7.39. The second-order valence-corrected chi connectivity index (χ2v) is 7.46. The van der Waals surface area contributed by atoms with E-state index in [0.29, 0.717) is 12.1 Å². The van der Waals surface area contributed by atoms with Crippen molar-refractivity contribution in [2.45, 2.75) is 57.6 Å². The van der Waals surface area contributed by atoms with Crippen LogP contribution in [0.5, 0.6) is 0 Å². The maximum atomic E-state index is 6.15. The van der Waals surface area contributed by atoms with Gasteiger partial charge >= 0.3 is 0 Å². The molecule has 114 valence electrons. The zero-order valence-electron chi connectivity index (χ0n) is 12.5. The highest BCUT2D eigenvalue weighted by Gasteiger charge is 2.31. The molecule has 4 heteroatoms. The lowest BCUT2D eigenvalue weighted by molar-refractivity contribution is -0.0157. The number of nitrogens with one attached hydrogen (secondary N) is 1. The van der Waals surface area contributed by atoms with Crippen LogP contribution in [0.2, 0.25) is 0 Å². The van der Waals surface area contributed by atoms with E-state index in [0.717, 1.165) is 18.9 Å². The number of likely N-dealkylation sites (N-methyl/N-ethyl adjacent to an activating group) is 1. The first-order valence-corrected chi connectivity index (χ1v) is 9.44. The predicted molar refractivity (Wildman–Crippen MR) is 90.6 cm³/mol. The van der Waals surface area contributed by atoms with Gasteiger partial charge in [-0.1, -0.05) is 19.3 Å². The minimum atomic E-state index is 0.347. The topological polar surface area (TPSA) is 21.3 Å². The summed E-state index contributed by atoms with van der Waals surface area (Å²) in [5, 5.41) is 5.67. The van der Waals surface area contributed by atoms with Crippen molar-refractivity contribution in [3.8, 4) is 0 Å². The monoisotopic (exact) mass is 359 g/mol. The van der Waals surface area contributed by atoms with Crippen molar-refractivity contribution in [2.75, 3.05) is 13.7 Å². The van der Waals surface area contributed by atoms with Gasteiger partial charge < -0.3 is 10.1 Å².